The number of halogens is 1. The van der Waals surface area contributed by atoms with E-state index in [-0.39, 0.29) is 23.4 Å². The second-order valence-electron chi connectivity index (χ2n) is 9.39. The van der Waals surface area contributed by atoms with E-state index in [1.807, 2.05) is 20.8 Å². The van der Waals surface area contributed by atoms with Gasteiger partial charge in [-0.05, 0) is 81.3 Å². The number of ether oxygens (including phenoxy) is 1. The highest BCUT2D eigenvalue weighted by Gasteiger charge is 2.32. The molecule has 214 valence electrons. The number of nitrogens with one attached hydrogen (secondary N) is 1. The van der Waals surface area contributed by atoms with Crippen molar-refractivity contribution in [2.75, 3.05) is 17.5 Å². The largest absolute Gasteiger partial charge is 0.494 e. The standard InChI is InChI=1S/C30H36ClN3O5S/c1-5-22(3)32-30(36)23(4)33(20-24-12-14-25(31)15-13-24)29(35)21-34(26-10-8-7-9-11-26)40(37,38)28-18-16-27(17-19-28)39-6-2/h7-19,22-23H,5-6,20-21H2,1-4H3,(H,32,36)/t22-,23-/m1/s1. The van der Waals surface area contributed by atoms with Crippen molar-refractivity contribution in [2.45, 2.75) is 57.6 Å². The van der Waals surface area contributed by atoms with E-state index in [0.717, 1.165) is 16.3 Å². The third-order valence-electron chi connectivity index (χ3n) is 6.48. The van der Waals surface area contributed by atoms with Gasteiger partial charge in [-0.25, -0.2) is 8.42 Å². The lowest BCUT2D eigenvalue weighted by Crippen LogP contribution is -2.52. The average molecular weight is 586 g/mol. The van der Waals surface area contributed by atoms with Crippen molar-refractivity contribution >= 4 is 39.1 Å². The Hall–Kier alpha value is -3.56. The van der Waals surface area contributed by atoms with Crippen LogP contribution in [0, 0.1) is 0 Å². The number of para-hydroxylation sites is 1. The zero-order valence-electron chi connectivity index (χ0n) is 23.2. The summed E-state index contributed by atoms with van der Waals surface area (Å²) < 4.78 is 34.2. The van der Waals surface area contributed by atoms with Gasteiger partial charge in [0.2, 0.25) is 11.8 Å². The summed E-state index contributed by atoms with van der Waals surface area (Å²) in [5.74, 6) is -0.309. The Balaban J connectivity index is 1.98. The molecule has 0 saturated heterocycles. The maximum absolute atomic E-state index is 13.9. The Labute approximate surface area is 241 Å². The van der Waals surface area contributed by atoms with Crippen LogP contribution in [0.2, 0.25) is 5.02 Å². The molecule has 0 fully saturated rings. The zero-order chi connectivity index (χ0) is 29.3. The highest BCUT2D eigenvalue weighted by atomic mass is 35.5. The third-order valence-corrected chi connectivity index (χ3v) is 8.52. The molecule has 10 heteroatoms. The maximum Gasteiger partial charge on any atom is 0.264 e. The lowest BCUT2D eigenvalue weighted by atomic mass is 10.1. The first-order valence-electron chi connectivity index (χ1n) is 13.2. The topological polar surface area (TPSA) is 96.0 Å². The first kappa shape index (κ1) is 31.0. The van der Waals surface area contributed by atoms with Crippen LogP contribution in [-0.4, -0.2) is 50.4 Å². The Bertz CT molecular complexity index is 1370. The number of anilines is 1. The molecule has 0 unspecified atom stereocenters. The molecule has 1 N–H and O–H groups in total. The van der Waals surface area contributed by atoms with Gasteiger partial charge in [0.25, 0.3) is 10.0 Å². The molecule has 40 heavy (non-hydrogen) atoms. The van der Waals surface area contributed by atoms with Crippen LogP contribution >= 0.6 is 11.6 Å². The molecule has 0 saturated carbocycles. The number of carbonyl (C=O) groups excluding carboxylic acids is 2. The van der Waals surface area contributed by atoms with Crippen LogP contribution < -0.4 is 14.4 Å². The second kappa shape index (κ2) is 14.2. The number of benzene rings is 3. The van der Waals surface area contributed by atoms with Gasteiger partial charge < -0.3 is 15.0 Å². The molecular formula is C30H36ClN3O5S. The van der Waals surface area contributed by atoms with Crippen molar-refractivity contribution in [1.29, 1.82) is 0 Å². The van der Waals surface area contributed by atoms with E-state index in [1.54, 1.807) is 73.7 Å². The first-order chi connectivity index (χ1) is 19.1. The van der Waals surface area contributed by atoms with Crippen molar-refractivity contribution in [2.24, 2.45) is 0 Å². The minimum Gasteiger partial charge on any atom is -0.494 e. The summed E-state index contributed by atoms with van der Waals surface area (Å²) in [5.41, 5.74) is 1.08. The van der Waals surface area contributed by atoms with E-state index in [2.05, 4.69) is 5.32 Å². The molecule has 0 aliphatic carbocycles. The second-order valence-corrected chi connectivity index (χ2v) is 11.7. The highest BCUT2D eigenvalue weighted by Crippen LogP contribution is 2.26. The summed E-state index contributed by atoms with van der Waals surface area (Å²) in [7, 11) is -4.15. The predicted molar refractivity (Wildman–Crippen MR) is 158 cm³/mol. The third kappa shape index (κ3) is 7.99. The number of rotatable bonds is 13. The van der Waals surface area contributed by atoms with Crippen molar-refractivity contribution in [3.8, 4) is 5.75 Å². The van der Waals surface area contributed by atoms with Gasteiger partial charge in [0.05, 0.1) is 17.2 Å². The SMILES string of the molecule is CCOc1ccc(S(=O)(=O)N(CC(=O)N(Cc2ccc(Cl)cc2)[C@H](C)C(=O)N[C@H](C)CC)c2ccccc2)cc1. The van der Waals surface area contributed by atoms with E-state index in [4.69, 9.17) is 16.3 Å². The number of carbonyl (C=O) groups is 2. The summed E-state index contributed by atoms with van der Waals surface area (Å²) in [6.07, 6.45) is 0.728. The zero-order valence-corrected chi connectivity index (χ0v) is 24.8. The minimum atomic E-state index is -4.15. The Morgan fingerprint density at radius 2 is 1.55 bits per heavy atom. The lowest BCUT2D eigenvalue weighted by molar-refractivity contribution is -0.139. The molecule has 8 nitrogen and oxygen atoms in total. The fourth-order valence-corrected chi connectivity index (χ4v) is 5.50. The highest BCUT2D eigenvalue weighted by molar-refractivity contribution is 7.92. The summed E-state index contributed by atoms with van der Waals surface area (Å²) in [4.78, 5) is 28.4. The molecular weight excluding hydrogens is 550 g/mol. The van der Waals surface area contributed by atoms with Crippen LogP contribution in [0.15, 0.2) is 83.8 Å². The summed E-state index contributed by atoms with van der Waals surface area (Å²) >= 11 is 6.04. The maximum atomic E-state index is 13.9. The van der Waals surface area contributed by atoms with Crippen molar-refractivity contribution in [3.63, 3.8) is 0 Å². The van der Waals surface area contributed by atoms with Crippen molar-refractivity contribution < 1.29 is 22.7 Å². The monoisotopic (exact) mass is 585 g/mol. The summed E-state index contributed by atoms with van der Waals surface area (Å²) in [6.45, 7) is 7.35. The molecule has 0 spiro atoms. The molecule has 3 rings (SSSR count). The lowest BCUT2D eigenvalue weighted by Gasteiger charge is -2.32. The van der Waals surface area contributed by atoms with Crippen LogP contribution in [0.4, 0.5) is 5.69 Å². The van der Waals surface area contributed by atoms with Gasteiger partial charge >= 0.3 is 0 Å². The molecule has 2 atom stereocenters. The molecule has 2 amide bonds. The molecule has 3 aromatic rings. The van der Waals surface area contributed by atoms with Crippen LogP contribution in [0.3, 0.4) is 0 Å². The number of nitrogens with zero attached hydrogens (tertiary/aromatic N) is 2. The van der Waals surface area contributed by atoms with Gasteiger partial charge in [-0.1, -0.05) is 48.9 Å². The number of hydrogen-bond donors (Lipinski definition) is 1. The minimum absolute atomic E-state index is 0.0134. The Kier molecular flexibility index (Phi) is 11.0. The Morgan fingerprint density at radius 3 is 2.12 bits per heavy atom. The molecule has 0 radical (unpaired) electrons. The van der Waals surface area contributed by atoms with Crippen molar-refractivity contribution in [3.05, 3.63) is 89.4 Å². The Morgan fingerprint density at radius 1 is 0.925 bits per heavy atom. The van der Waals surface area contributed by atoms with E-state index in [0.29, 0.717) is 23.1 Å². The molecule has 3 aromatic carbocycles. The summed E-state index contributed by atoms with van der Waals surface area (Å²) in [5, 5.41) is 3.46. The van der Waals surface area contributed by atoms with E-state index < -0.39 is 28.5 Å². The normalized spacial score (nSPS) is 12.7. The molecule has 0 aliphatic rings. The fraction of sp³-hybridized carbons (Fsp3) is 0.333. The smallest absolute Gasteiger partial charge is 0.264 e. The van der Waals surface area contributed by atoms with Crippen molar-refractivity contribution in [1.82, 2.24) is 10.2 Å². The fourth-order valence-electron chi connectivity index (χ4n) is 3.96. The van der Waals surface area contributed by atoms with Gasteiger partial charge in [0, 0.05) is 17.6 Å². The molecule has 0 heterocycles. The van der Waals surface area contributed by atoms with E-state index >= 15 is 0 Å². The van der Waals surface area contributed by atoms with E-state index in [1.165, 1.54) is 17.0 Å². The van der Waals surface area contributed by atoms with Gasteiger partial charge in [0.15, 0.2) is 0 Å². The number of sulfonamides is 1. The molecule has 0 aliphatic heterocycles. The van der Waals surface area contributed by atoms with Crippen LogP contribution in [0.5, 0.6) is 5.75 Å². The van der Waals surface area contributed by atoms with Crippen LogP contribution in [0.25, 0.3) is 0 Å². The van der Waals surface area contributed by atoms with Gasteiger partial charge in [0.1, 0.15) is 18.3 Å². The quantitative estimate of drug-likeness (QED) is 0.295. The molecule has 0 bridgehead atoms. The first-order valence-corrected chi connectivity index (χ1v) is 15.0. The molecule has 0 aromatic heterocycles. The average Bonchev–Trinajstić information content (AvgIpc) is 2.95. The summed E-state index contributed by atoms with van der Waals surface area (Å²) in [6, 6.07) is 20.5. The number of amides is 2. The van der Waals surface area contributed by atoms with Gasteiger partial charge in [-0.15, -0.1) is 0 Å². The van der Waals surface area contributed by atoms with Gasteiger partial charge in [-0.3, -0.25) is 13.9 Å². The predicted octanol–water partition coefficient (Wildman–Crippen LogP) is 5.27. The van der Waals surface area contributed by atoms with Gasteiger partial charge in [-0.2, -0.15) is 0 Å². The van der Waals surface area contributed by atoms with Crippen LogP contribution in [-0.2, 0) is 26.2 Å². The van der Waals surface area contributed by atoms with Crippen LogP contribution in [0.1, 0.15) is 39.7 Å². The van der Waals surface area contributed by atoms with E-state index in [9.17, 15) is 18.0 Å². The number of hydrogen-bond acceptors (Lipinski definition) is 5.